The molecule has 1 saturated heterocycles. The van der Waals surface area contributed by atoms with Crippen molar-refractivity contribution in [1.82, 2.24) is 5.16 Å². The van der Waals surface area contributed by atoms with Gasteiger partial charge in [-0.1, -0.05) is 54.8 Å². The normalized spacial score (nSPS) is 25.8. The van der Waals surface area contributed by atoms with Crippen molar-refractivity contribution in [3.8, 4) is 0 Å². The van der Waals surface area contributed by atoms with Crippen LogP contribution in [0.3, 0.4) is 0 Å². The second-order valence-electron chi connectivity index (χ2n) is 9.26. The van der Waals surface area contributed by atoms with Gasteiger partial charge in [0.25, 0.3) is 5.91 Å². The van der Waals surface area contributed by atoms with Crippen LogP contribution in [0.5, 0.6) is 0 Å². The fourth-order valence-electron chi connectivity index (χ4n) is 5.18. The standard InChI is InChI=1S/C24H31N3O5/c1-27(17-21(28)25-20-14-16-31-26-20)15-8-13-22(27)32-23(29)24(30,18-9-4-2-5-10-18)19-11-6-3-7-12-19/h2,4-5,9-10,14,16,19,22,30H,3,6-8,11-13,15,17H2,1H3/p+1. The molecule has 1 aliphatic heterocycles. The minimum atomic E-state index is -1.68. The number of rotatable bonds is 7. The number of likely N-dealkylation sites (N-methyl/N-ethyl adjacent to an activating group) is 1. The Kier molecular flexibility index (Phi) is 6.62. The molecule has 2 heterocycles. The second kappa shape index (κ2) is 9.42. The number of nitrogens with one attached hydrogen (secondary N) is 1. The molecule has 172 valence electrons. The van der Waals surface area contributed by atoms with E-state index >= 15 is 0 Å². The zero-order chi connectivity index (χ0) is 22.6. The molecule has 4 rings (SSSR count). The van der Waals surface area contributed by atoms with Gasteiger partial charge in [0, 0.05) is 24.8 Å². The van der Waals surface area contributed by atoms with Crippen LogP contribution in [0.1, 0.15) is 50.5 Å². The molecule has 2 aromatic rings. The number of hydrogen-bond donors (Lipinski definition) is 2. The lowest BCUT2D eigenvalue weighted by Gasteiger charge is -2.39. The number of nitrogens with zero attached hydrogens (tertiary/aromatic N) is 2. The Labute approximate surface area is 188 Å². The zero-order valence-corrected chi connectivity index (χ0v) is 18.5. The molecule has 1 aromatic carbocycles. The molecule has 0 spiro atoms. The number of aromatic nitrogens is 1. The first kappa shape index (κ1) is 22.5. The summed E-state index contributed by atoms with van der Waals surface area (Å²) in [5.74, 6) is -0.662. The summed E-state index contributed by atoms with van der Waals surface area (Å²) in [6.45, 7) is 0.843. The first-order chi connectivity index (χ1) is 15.4. The molecule has 32 heavy (non-hydrogen) atoms. The predicted octanol–water partition coefficient (Wildman–Crippen LogP) is 3.19. The fourth-order valence-corrected chi connectivity index (χ4v) is 5.18. The average molecular weight is 443 g/mol. The number of quaternary nitrogens is 1. The number of ether oxygens (including phenoxy) is 1. The summed E-state index contributed by atoms with van der Waals surface area (Å²) >= 11 is 0. The highest BCUT2D eigenvalue weighted by molar-refractivity contribution is 5.90. The summed E-state index contributed by atoms with van der Waals surface area (Å²) in [6.07, 6.45) is 7.06. The van der Waals surface area contributed by atoms with E-state index in [0.29, 0.717) is 24.3 Å². The molecule has 2 fully saturated rings. The SMILES string of the molecule is C[N+]1(CC(=O)Nc2ccon2)CCCC1OC(=O)C(O)(c1ccccc1)C1CCCCC1. The van der Waals surface area contributed by atoms with Gasteiger partial charge in [0.2, 0.25) is 6.23 Å². The summed E-state index contributed by atoms with van der Waals surface area (Å²) in [5, 5.41) is 18.2. The highest BCUT2D eigenvalue weighted by atomic mass is 16.6. The van der Waals surface area contributed by atoms with Gasteiger partial charge in [0.1, 0.15) is 6.26 Å². The van der Waals surface area contributed by atoms with Gasteiger partial charge in [-0.15, -0.1) is 0 Å². The summed E-state index contributed by atoms with van der Waals surface area (Å²) < 4.78 is 11.0. The Bertz CT molecular complexity index is 913. The third-order valence-corrected chi connectivity index (χ3v) is 6.99. The Hall–Kier alpha value is -2.71. The van der Waals surface area contributed by atoms with Crippen LogP contribution in [0.15, 0.2) is 47.2 Å². The number of carbonyl (C=O) groups excluding carboxylic acids is 2. The molecule has 8 nitrogen and oxygen atoms in total. The summed E-state index contributed by atoms with van der Waals surface area (Å²) in [6, 6.07) is 10.7. The first-order valence-electron chi connectivity index (χ1n) is 11.5. The monoisotopic (exact) mass is 442 g/mol. The van der Waals surface area contributed by atoms with Crippen LogP contribution in [-0.4, -0.2) is 53.0 Å². The lowest BCUT2D eigenvalue weighted by Crippen LogP contribution is -2.56. The molecule has 2 aliphatic rings. The van der Waals surface area contributed by atoms with Crippen molar-refractivity contribution in [3.05, 3.63) is 48.2 Å². The van der Waals surface area contributed by atoms with E-state index in [-0.39, 0.29) is 22.9 Å². The molecule has 1 aromatic heterocycles. The van der Waals surface area contributed by atoms with Gasteiger partial charge < -0.3 is 19.7 Å². The maximum atomic E-state index is 13.5. The molecular formula is C24H32N3O5+. The van der Waals surface area contributed by atoms with E-state index in [2.05, 4.69) is 10.5 Å². The van der Waals surface area contributed by atoms with E-state index < -0.39 is 17.8 Å². The molecule has 1 aliphatic carbocycles. The van der Waals surface area contributed by atoms with Crippen molar-refractivity contribution < 1.29 is 28.4 Å². The van der Waals surface area contributed by atoms with E-state index in [0.717, 1.165) is 38.5 Å². The quantitative estimate of drug-likeness (QED) is 0.504. The van der Waals surface area contributed by atoms with Gasteiger partial charge in [-0.25, -0.2) is 4.79 Å². The number of aliphatic hydroxyl groups is 1. The minimum Gasteiger partial charge on any atom is -0.410 e. The molecule has 2 N–H and O–H groups in total. The van der Waals surface area contributed by atoms with E-state index in [1.807, 2.05) is 25.2 Å². The number of anilines is 1. The average Bonchev–Trinajstić information content (AvgIpc) is 3.44. The molecular weight excluding hydrogens is 410 g/mol. The second-order valence-corrected chi connectivity index (χ2v) is 9.26. The van der Waals surface area contributed by atoms with Crippen molar-refractivity contribution >= 4 is 17.7 Å². The molecule has 8 heteroatoms. The van der Waals surface area contributed by atoms with Crippen LogP contribution >= 0.6 is 0 Å². The maximum Gasteiger partial charge on any atom is 0.347 e. The molecule has 3 unspecified atom stereocenters. The van der Waals surface area contributed by atoms with Crippen LogP contribution in [0.4, 0.5) is 5.82 Å². The van der Waals surface area contributed by atoms with Gasteiger partial charge in [0.05, 0.1) is 13.6 Å². The van der Waals surface area contributed by atoms with Crippen molar-refractivity contribution in [3.63, 3.8) is 0 Å². The number of esters is 1. The molecule has 0 radical (unpaired) electrons. The van der Waals surface area contributed by atoms with E-state index in [1.54, 1.807) is 18.2 Å². The minimum absolute atomic E-state index is 0.137. The van der Waals surface area contributed by atoms with Gasteiger partial charge in [-0.3, -0.25) is 9.28 Å². The summed E-state index contributed by atoms with van der Waals surface area (Å²) in [7, 11) is 1.91. The molecule has 1 amide bonds. The van der Waals surface area contributed by atoms with Gasteiger partial charge in [-0.2, -0.15) is 0 Å². The predicted molar refractivity (Wildman–Crippen MR) is 117 cm³/mol. The third-order valence-electron chi connectivity index (χ3n) is 6.99. The topological polar surface area (TPSA) is 102 Å². The zero-order valence-electron chi connectivity index (χ0n) is 18.5. The van der Waals surface area contributed by atoms with E-state index in [4.69, 9.17) is 9.26 Å². The Morgan fingerprint density at radius 2 is 1.91 bits per heavy atom. The maximum absolute atomic E-state index is 13.5. The van der Waals surface area contributed by atoms with Crippen LogP contribution < -0.4 is 5.32 Å². The summed E-state index contributed by atoms with van der Waals surface area (Å²) in [5.41, 5.74) is -1.11. The van der Waals surface area contributed by atoms with Gasteiger partial charge in [0.15, 0.2) is 18.0 Å². The van der Waals surface area contributed by atoms with Crippen LogP contribution in [0, 0.1) is 5.92 Å². The lowest BCUT2D eigenvalue weighted by atomic mass is 9.73. The Morgan fingerprint density at radius 1 is 1.16 bits per heavy atom. The Balaban J connectivity index is 1.51. The Morgan fingerprint density at radius 3 is 2.59 bits per heavy atom. The van der Waals surface area contributed by atoms with Crippen LogP contribution in [-0.2, 0) is 19.9 Å². The number of carbonyl (C=O) groups is 2. The van der Waals surface area contributed by atoms with Crippen molar-refractivity contribution in [2.75, 3.05) is 25.5 Å². The van der Waals surface area contributed by atoms with Gasteiger partial charge >= 0.3 is 5.97 Å². The smallest absolute Gasteiger partial charge is 0.347 e. The molecule has 1 saturated carbocycles. The number of benzene rings is 1. The number of amides is 1. The third kappa shape index (κ3) is 4.56. The highest BCUT2D eigenvalue weighted by Crippen LogP contribution is 2.41. The van der Waals surface area contributed by atoms with Crippen LogP contribution in [0.2, 0.25) is 0 Å². The van der Waals surface area contributed by atoms with Crippen molar-refractivity contribution in [2.24, 2.45) is 5.92 Å². The van der Waals surface area contributed by atoms with Crippen LogP contribution in [0.25, 0.3) is 0 Å². The number of hydrogen-bond acceptors (Lipinski definition) is 6. The molecule has 3 atom stereocenters. The summed E-state index contributed by atoms with van der Waals surface area (Å²) in [4.78, 5) is 26.1. The highest BCUT2D eigenvalue weighted by Gasteiger charge is 2.51. The number of likely N-dealkylation sites (tertiary alicyclic amines) is 1. The fraction of sp³-hybridized carbons (Fsp3) is 0.542. The largest absolute Gasteiger partial charge is 0.410 e. The van der Waals surface area contributed by atoms with Crippen molar-refractivity contribution in [2.45, 2.75) is 56.8 Å². The van der Waals surface area contributed by atoms with Gasteiger partial charge in [-0.05, 0) is 18.4 Å². The van der Waals surface area contributed by atoms with E-state index in [1.165, 1.54) is 6.26 Å². The van der Waals surface area contributed by atoms with E-state index in [9.17, 15) is 14.7 Å². The van der Waals surface area contributed by atoms with Crippen molar-refractivity contribution in [1.29, 1.82) is 0 Å². The lowest BCUT2D eigenvalue weighted by molar-refractivity contribution is -0.932. The first-order valence-corrected chi connectivity index (χ1v) is 11.5. The molecule has 0 bridgehead atoms.